The normalized spacial score (nSPS) is 24.0. The molecule has 1 aromatic heterocycles. The molecule has 2 saturated heterocycles. The molecule has 0 spiro atoms. The standard InChI is InChI=1S/C46H76N4O5Si3/c1-42(2,3)57(12,13)53-31-45-22-23-46(55-45,32-54-58(14,15)43(4,5)6)28-36(27-45)35-16-17-39(38(26-35)34-18-20-44(7,8)21-19-34)49-41(51)40-48-37(29-47)30-50(40)33-52-24-25-56(9,10)11/h16-18,26,30,36H,19-25,27-28,31-33H2,1-15H3,(H,49,51)/t36-,45-,46+. The maximum Gasteiger partial charge on any atom is 0.291 e. The molecule has 1 aliphatic carbocycles. The Bertz CT molecular complexity index is 1830. The number of hydrogen-bond acceptors (Lipinski definition) is 7. The van der Waals surface area contributed by atoms with E-state index in [9.17, 15) is 10.1 Å². The largest absolute Gasteiger partial charge is 0.414 e. The summed E-state index contributed by atoms with van der Waals surface area (Å²) in [5, 5.41) is 13.2. The number of nitriles is 1. The third kappa shape index (κ3) is 11.1. The molecule has 3 atom stereocenters. The zero-order chi connectivity index (χ0) is 43.2. The van der Waals surface area contributed by atoms with Crippen molar-refractivity contribution in [3.63, 3.8) is 0 Å². The first kappa shape index (κ1) is 46.7. The van der Waals surface area contributed by atoms with Crippen LogP contribution in [0.2, 0.25) is 61.9 Å². The number of benzene rings is 1. The molecule has 2 aliphatic heterocycles. The molecular weight excluding hydrogens is 773 g/mol. The molecule has 2 aromatic rings. The first-order valence-electron chi connectivity index (χ1n) is 21.8. The van der Waals surface area contributed by atoms with Crippen molar-refractivity contribution in [1.29, 1.82) is 5.26 Å². The molecule has 2 fully saturated rings. The number of aromatic nitrogens is 2. The van der Waals surface area contributed by atoms with Gasteiger partial charge in [-0.25, -0.2) is 4.98 Å². The Hall–Kier alpha value is -2.38. The van der Waals surface area contributed by atoms with E-state index in [2.05, 4.69) is 142 Å². The summed E-state index contributed by atoms with van der Waals surface area (Å²) in [5.41, 5.74) is 3.99. The number of ether oxygens (including phenoxy) is 2. The summed E-state index contributed by atoms with van der Waals surface area (Å²) >= 11 is 0. The van der Waals surface area contributed by atoms with Crippen LogP contribution in [0.25, 0.3) is 5.57 Å². The highest BCUT2D eigenvalue weighted by molar-refractivity contribution is 6.76. The Balaban J connectivity index is 1.49. The minimum Gasteiger partial charge on any atom is -0.414 e. The van der Waals surface area contributed by atoms with Gasteiger partial charge in [0.25, 0.3) is 5.91 Å². The molecule has 3 aliphatic rings. The van der Waals surface area contributed by atoms with E-state index in [4.69, 9.17) is 18.3 Å². The minimum atomic E-state index is -2.03. The lowest BCUT2D eigenvalue weighted by atomic mass is 9.75. The zero-order valence-corrected chi connectivity index (χ0v) is 41.8. The first-order valence-corrected chi connectivity index (χ1v) is 31.3. The first-order chi connectivity index (χ1) is 26.6. The second-order valence-electron chi connectivity index (χ2n) is 22.9. The number of nitrogens with zero attached hydrogens (tertiary/aromatic N) is 3. The van der Waals surface area contributed by atoms with Crippen LogP contribution >= 0.6 is 0 Å². The predicted octanol–water partition coefficient (Wildman–Crippen LogP) is 12.1. The van der Waals surface area contributed by atoms with Gasteiger partial charge in [0, 0.05) is 32.1 Å². The van der Waals surface area contributed by atoms with Crippen LogP contribution in [-0.4, -0.2) is 71.2 Å². The average molecular weight is 849 g/mol. The maximum absolute atomic E-state index is 14.1. The van der Waals surface area contributed by atoms with Crippen molar-refractivity contribution in [3.05, 3.63) is 53.1 Å². The van der Waals surface area contributed by atoms with E-state index in [-0.39, 0.29) is 56.8 Å². The minimum absolute atomic E-state index is 0.101. The number of carbonyl (C=O) groups excluding carboxylic acids is 1. The number of anilines is 1. The lowest BCUT2D eigenvalue weighted by Gasteiger charge is -2.47. The van der Waals surface area contributed by atoms with Crippen LogP contribution in [0.1, 0.15) is 134 Å². The zero-order valence-electron chi connectivity index (χ0n) is 38.8. The number of hydrogen-bond donors (Lipinski definition) is 1. The number of rotatable bonds is 15. The van der Waals surface area contributed by atoms with Crippen LogP contribution in [0.3, 0.4) is 0 Å². The Morgan fingerprint density at radius 1 is 0.948 bits per heavy atom. The molecule has 12 heteroatoms. The predicted molar refractivity (Wildman–Crippen MR) is 245 cm³/mol. The average Bonchev–Trinajstić information content (AvgIpc) is 3.65. The van der Waals surface area contributed by atoms with Gasteiger partial charge in [-0.2, -0.15) is 5.26 Å². The summed E-state index contributed by atoms with van der Waals surface area (Å²) in [6.45, 7) is 36.7. The van der Waals surface area contributed by atoms with E-state index in [1.165, 1.54) is 11.1 Å². The quantitative estimate of drug-likeness (QED) is 0.140. The summed E-state index contributed by atoms with van der Waals surface area (Å²) in [6.07, 6.45) is 10.6. The fourth-order valence-electron chi connectivity index (χ4n) is 7.87. The number of amides is 1. The van der Waals surface area contributed by atoms with Crippen LogP contribution in [0.5, 0.6) is 0 Å². The van der Waals surface area contributed by atoms with Crippen LogP contribution in [0.15, 0.2) is 30.5 Å². The summed E-state index contributed by atoms with van der Waals surface area (Å²) in [4.78, 5) is 18.5. The van der Waals surface area contributed by atoms with Crippen molar-refractivity contribution in [3.8, 4) is 6.07 Å². The van der Waals surface area contributed by atoms with E-state index in [1.54, 1.807) is 10.8 Å². The molecule has 3 heterocycles. The highest BCUT2D eigenvalue weighted by Gasteiger charge is 2.57. The summed E-state index contributed by atoms with van der Waals surface area (Å²) in [6, 6.07) is 9.75. The highest BCUT2D eigenvalue weighted by atomic mass is 28.4. The molecule has 322 valence electrons. The third-order valence-corrected chi connectivity index (χ3v) is 24.8. The van der Waals surface area contributed by atoms with Gasteiger partial charge in [-0.3, -0.25) is 4.79 Å². The lowest BCUT2D eigenvalue weighted by Crippen LogP contribution is -2.53. The lowest BCUT2D eigenvalue weighted by molar-refractivity contribution is -0.173. The topological polar surface area (TPSA) is 108 Å². The number of fused-ring (bicyclic) bond motifs is 2. The number of allylic oxidation sites excluding steroid dienone is 2. The van der Waals surface area contributed by atoms with Crippen molar-refractivity contribution in [2.75, 3.05) is 25.1 Å². The molecule has 0 unspecified atom stereocenters. The molecule has 2 bridgehead atoms. The second-order valence-corrected chi connectivity index (χ2v) is 38.1. The van der Waals surface area contributed by atoms with Crippen molar-refractivity contribution in [1.82, 2.24) is 9.55 Å². The third-order valence-electron chi connectivity index (χ3n) is 14.1. The van der Waals surface area contributed by atoms with Gasteiger partial charge in [0.05, 0.1) is 24.4 Å². The van der Waals surface area contributed by atoms with E-state index < -0.39 is 24.7 Å². The van der Waals surface area contributed by atoms with Crippen molar-refractivity contribution in [2.45, 2.75) is 186 Å². The van der Waals surface area contributed by atoms with Crippen LogP contribution < -0.4 is 5.32 Å². The van der Waals surface area contributed by atoms with Crippen LogP contribution in [0, 0.1) is 16.7 Å². The molecule has 9 nitrogen and oxygen atoms in total. The van der Waals surface area contributed by atoms with Gasteiger partial charge in [-0.1, -0.05) is 87.2 Å². The molecule has 0 radical (unpaired) electrons. The molecular formula is C46H76N4O5Si3. The van der Waals surface area contributed by atoms with Gasteiger partial charge in [0.15, 0.2) is 22.3 Å². The smallest absolute Gasteiger partial charge is 0.291 e. The molecule has 1 amide bonds. The Morgan fingerprint density at radius 3 is 2.03 bits per heavy atom. The van der Waals surface area contributed by atoms with Gasteiger partial charge >= 0.3 is 0 Å². The van der Waals surface area contributed by atoms with Gasteiger partial charge in [-0.05, 0) is 122 Å². The fourth-order valence-corrected chi connectivity index (χ4v) is 10.7. The number of nitrogens with one attached hydrogen (secondary N) is 1. The van der Waals surface area contributed by atoms with E-state index in [0.29, 0.717) is 19.8 Å². The Morgan fingerprint density at radius 2 is 1.53 bits per heavy atom. The van der Waals surface area contributed by atoms with Crippen LogP contribution in [-0.2, 0) is 25.1 Å². The monoisotopic (exact) mass is 849 g/mol. The summed E-state index contributed by atoms with van der Waals surface area (Å²) < 4.78 is 28.9. The second kappa shape index (κ2) is 16.8. The van der Waals surface area contributed by atoms with Gasteiger partial charge in [0.2, 0.25) is 5.82 Å². The Kier molecular flexibility index (Phi) is 13.5. The molecule has 0 saturated carbocycles. The summed E-state index contributed by atoms with van der Waals surface area (Å²) in [5.74, 6) is 0.0529. The van der Waals surface area contributed by atoms with Gasteiger partial charge in [0.1, 0.15) is 12.8 Å². The highest BCUT2D eigenvalue weighted by Crippen LogP contribution is 2.55. The summed E-state index contributed by atoms with van der Waals surface area (Å²) in [7, 11) is -5.35. The SMILES string of the molecule is CC1(C)CC=C(c2cc([C@@H]3C[C@@]4(CO[Si](C)(C)C(C)(C)C)CC[C@@](CO[Si](C)(C)C(C)(C)C)(C3)O4)ccc2NC(=O)c2nc(C#N)cn2COCC[Si](C)(C)C)CC1. The van der Waals surface area contributed by atoms with Crippen molar-refractivity contribution < 1.29 is 23.1 Å². The maximum atomic E-state index is 14.1. The van der Waals surface area contributed by atoms with Crippen molar-refractivity contribution in [2.24, 2.45) is 5.41 Å². The van der Waals surface area contributed by atoms with E-state index >= 15 is 0 Å². The number of carbonyl (C=O) groups is 1. The molecule has 5 rings (SSSR count). The van der Waals surface area contributed by atoms with Gasteiger partial charge < -0.3 is 28.2 Å². The van der Waals surface area contributed by atoms with Crippen LogP contribution in [0.4, 0.5) is 5.69 Å². The number of imidazole rings is 1. The molecule has 58 heavy (non-hydrogen) atoms. The van der Waals surface area contributed by atoms with E-state index in [1.807, 2.05) is 0 Å². The fraction of sp³-hybridized carbons (Fsp3) is 0.717. The molecule has 1 aromatic carbocycles. The Labute approximate surface area is 354 Å². The van der Waals surface area contributed by atoms with Crippen molar-refractivity contribution >= 4 is 41.9 Å². The van der Waals surface area contributed by atoms with Gasteiger partial charge in [-0.15, -0.1) is 0 Å². The molecule has 1 N–H and O–H groups in total. The van der Waals surface area contributed by atoms with E-state index in [0.717, 1.165) is 62.2 Å².